The summed E-state index contributed by atoms with van der Waals surface area (Å²) in [5.74, 6) is 0. The van der Waals surface area contributed by atoms with Gasteiger partial charge in [-0.3, -0.25) is 0 Å². The molecule has 0 atom stereocenters. The molecule has 0 heterocycles. The van der Waals surface area contributed by atoms with Crippen molar-refractivity contribution in [2.75, 3.05) is 14.2 Å². The molecule has 13 heavy (non-hydrogen) atoms. The second-order valence-electron chi connectivity index (χ2n) is 2.65. The van der Waals surface area contributed by atoms with Gasteiger partial charge in [-0.1, -0.05) is 19.1 Å². The Morgan fingerprint density at radius 2 is 1.92 bits per heavy atom. The standard InChI is InChI=1S/C10H15O2P/c1-4-9-6-5-7-10(8-9)13(11-2)12-3/h5-8H,4H2,1-3H3. The first kappa shape index (κ1) is 10.6. The van der Waals surface area contributed by atoms with Crippen LogP contribution in [0.2, 0.25) is 0 Å². The van der Waals surface area contributed by atoms with Crippen molar-refractivity contribution in [3.8, 4) is 0 Å². The van der Waals surface area contributed by atoms with E-state index in [9.17, 15) is 0 Å². The third kappa shape index (κ3) is 2.77. The zero-order valence-corrected chi connectivity index (χ0v) is 9.17. The largest absolute Gasteiger partial charge is 0.334 e. The summed E-state index contributed by atoms with van der Waals surface area (Å²) in [7, 11) is 2.48. The fourth-order valence-corrected chi connectivity index (χ4v) is 2.23. The van der Waals surface area contributed by atoms with Crippen LogP contribution >= 0.6 is 8.38 Å². The summed E-state index contributed by atoms with van der Waals surface area (Å²) < 4.78 is 10.5. The molecule has 0 fully saturated rings. The maximum Gasteiger partial charge on any atom is 0.204 e. The maximum absolute atomic E-state index is 5.23. The zero-order valence-electron chi connectivity index (χ0n) is 8.28. The molecule has 1 rings (SSSR count). The SMILES string of the molecule is CCc1cccc(P(OC)OC)c1. The van der Waals surface area contributed by atoms with Gasteiger partial charge in [0.2, 0.25) is 8.38 Å². The van der Waals surface area contributed by atoms with E-state index in [-0.39, 0.29) is 0 Å². The third-order valence-electron chi connectivity index (χ3n) is 1.86. The topological polar surface area (TPSA) is 18.5 Å². The van der Waals surface area contributed by atoms with E-state index in [0.29, 0.717) is 0 Å². The van der Waals surface area contributed by atoms with Crippen LogP contribution in [0.5, 0.6) is 0 Å². The van der Waals surface area contributed by atoms with Crippen molar-refractivity contribution in [2.45, 2.75) is 13.3 Å². The molecule has 0 N–H and O–H groups in total. The van der Waals surface area contributed by atoms with Gasteiger partial charge in [-0.2, -0.15) is 0 Å². The summed E-state index contributed by atoms with van der Waals surface area (Å²) in [6, 6.07) is 8.33. The van der Waals surface area contributed by atoms with Gasteiger partial charge in [-0.15, -0.1) is 0 Å². The molecule has 2 nitrogen and oxygen atoms in total. The Morgan fingerprint density at radius 3 is 2.46 bits per heavy atom. The van der Waals surface area contributed by atoms with Crippen LogP contribution in [0.25, 0.3) is 0 Å². The highest BCUT2D eigenvalue weighted by atomic mass is 31.2. The Morgan fingerprint density at radius 1 is 1.23 bits per heavy atom. The van der Waals surface area contributed by atoms with Gasteiger partial charge in [0.1, 0.15) is 0 Å². The molecule has 0 aliphatic heterocycles. The van der Waals surface area contributed by atoms with Gasteiger partial charge in [-0.05, 0) is 24.1 Å². The number of benzene rings is 1. The number of hydrogen-bond donors (Lipinski definition) is 0. The zero-order chi connectivity index (χ0) is 9.68. The van der Waals surface area contributed by atoms with Crippen molar-refractivity contribution >= 4 is 13.7 Å². The van der Waals surface area contributed by atoms with E-state index in [1.54, 1.807) is 14.2 Å². The maximum atomic E-state index is 5.23. The predicted molar refractivity (Wildman–Crippen MR) is 56.4 cm³/mol. The summed E-state index contributed by atoms with van der Waals surface area (Å²) in [5, 5.41) is 1.14. The Kier molecular flexibility index (Phi) is 4.37. The molecule has 72 valence electrons. The minimum Gasteiger partial charge on any atom is -0.334 e. The minimum absolute atomic E-state index is 0.873. The average molecular weight is 198 g/mol. The number of aryl methyl sites for hydroxylation is 1. The van der Waals surface area contributed by atoms with Crippen LogP contribution in [-0.2, 0) is 15.5 Å². The van der Waals surface area contributed by atoms with Crippen molar-refractivity contribution in [1.82, 2.24) is 0 Å². The van der Waals surface area contributed by atoms with Gasteiger partial charge in [0.15, 0.2) is 0 Å². The van der Waals surface area contributed by atoms with E-state index in [1.165, 1.54) is 5.56 Å². The van der Waals surface area contributed by atoms with Crippen molar-refractivity contribution in [3.63, 3.8) is 0 Å². The predicted octanol–water partition coefficient (Wildman–Crippen LogP) is 2.48. The van der Waals surface area contributed by atoms with Crippen LogP contribution in [-0.4, -0.2) is 14.2 Å². The third-order valence-corrected chi connectivity index (χ3v) is 3.22. The molecule has 0 aromatic heterocycles. The molecule has 0 radical (unpaired) electrons. The minimum atomic E-state index is -0.873. The van der Waals surface area contributed by atoms with Crippen LogP contribution in [0.4, 0.5) is 0 Å². The lowest BCUT2D eigenvalue weighted by Crippen LogP contribution is -2.03. The second-order valence-corrected chi connectivity index (χ2v) is 4.41. The van der Waals surface area contributed by atoms with Gasteiger partial charge >= 0.3 is 0 Å². The first-order valence-electron chi connectivity index (χ1n) is 4.29. The summed E-state index contributed by atoms with van der Waals surface area (Å²) in [4.78, 5) is 0. The van der Waals surface area contributed by atoms with Gasteiger partial charge < -0.3 is 9.05 Å². The Labute approximate surface area is 80.8 Å². The first-order chi connectivity index (χ1) is 6.31. The Balaban J connectivity index is 2.86. The fraction of sp³-hybridized carbons (Fsp3) is 0.400. The number of rotatable bonds is 4. The quantitative estimate of drug-likeness (QED) is 0.692. The highest BCUT2D eigenvalue weighted by Gasteiger charge is 2.09. The van der Waals surface area contributed by atoms with Crippen molar-refractivity contribution in [3.05, 3.63) is 29.8 Å². The lowest BCUT2D eigenvalue weighted by molar-refractivity contribution is 0.350. The molecule has 0 saturated heterocycles. The molecule has 0 amide bonds. The van der Waals surface area contributed by atoms with Crippen LogP contribution in [0, 0.1) is 0 Å². The van der Waals surface area contributed by atoms with Crippen LogP contribution in [0.1, 0.15) is 12.5 Å². The summed E-state index contributed by atoms with van der Waals surface area (Å²) >= 11 is 0. The van der Waals surface area contributed by atoms with E-state index in [1.807, 2.05) is 12.1 Å². The van der Waals surface area contributed by atoms with E-state index < -0.39 is 8.38 Å². The van der Waals surface area contributed by atoms with Crippen LogP contribution in [0.3, 0.4) is 0 Å². The molecule has 1 aromatic carbocycles. The Hall–Kier alpha value is -0.430. The van der Waals surface area contributed by atoms with Gasteiger partial charge in [-0.25, -0.2) is 0 Å². The van der Waals surface area contributed by atoms with Crippen molar-refractivity contribution < 1.29 is 9.05 Å². The van der Waals surface area contributed by atoms with E-state index in [4.69, 9.17) is 9.05 Å². The Bertz CT molecular complexity index is 259. The highest BCUT2D eigenvalue weighted by molar-refractivity contribution is 7.55. The smallest absolute Gasteiger partial charge is 0.204 e. The lowest BCUT2D eigenvalue weighted by atomic mass is 10.2. The first-order valence-corrected chi connectivity index (χ1v) is 5.46. The molecule has 0 aliphatic carbocycles. The average Bonchev–Trinajstić information content (AvgIpc) is 2.20. The molecule has 0 aliphatic rings. The molecule has 0 spiro atoms. The number of hydrogen-bond acceptors (Lipinski definition) is 2. The van der Waals surface area contributed by atoms with E-state index in [0.717, 1.165) is 11.7 Å². The van der Waals surface area contributed by atoms with E-state index >= 15 is 0 Å². The van der Waals surface area contributed by atoms with Gasteiger partial charge in [0, 0.05) is 19.5 Å². The molecular weight excluding hydrogens is 183 g/mol. The highest BCUT2D eigenvalue weighted by Crippen LogP contribution is 2.34. The molecule has 0 unspecified atom stereocenters. The van der Waals surface area contributed by atoms with E-state index in [2.05, 4.69) is 19.1 Å². The molecule has 0 saturated carbocycles. The van der Waals surface area contributed by atoms with Crippen molar-refractivity contribution in [2.24, 2.45) is 0 Å². The van der Waals surface area contributed by atoms with Crippen LogP contribution < -0.4 is 5.30 Å². The molecular formula is C10H15O2P. The monoisotopic (exact) mass is 198 g/mol. The summed E-state index contributed by atoms with van der Waals surface area (Å²) in [6.45, 7) is 2.14. The van der Waals surface area contributed by atoms with Crippen molar-refractivity contribution in [1.29, 1.82) is 0 Å². The second kappa shape index (κ2) is 5.33. The van der Waals surface area contributed by atoms with Gasteiger partial charge in [0.25, 0.3) is 0 Å². The summed E-state index contributed by atoms with van der Waals surface area (Å²) in [5.41, 5.74) is 1.32. The lowest BCUT2D eigenvalue weighted by Gasteiger charge is -2.12. The molecule has 0 bridgehead atoms. The molecule has 1 aromatic rings. The normalized spacial score (nSPS) is 10.8. The summed E-state index contributed by atoms with van der Waals surface area (Å²) in [6.07, 6.45) is 1.05. The van der Waals surface area contributed by atoms with Gasteiger partial charge in [0.05, 0.1) is 0 Å². The van der Waals surface area contributed by atoms with Crippen LogP contribution in [0.15, 0.2) is 24.3 Å². The fourth-order valence-electron chi connectivity index (χ4n) is 1.18. The molecule has 3 heteroatoms.